The van der Waals surface area contributed by atoms with E-state index in [1.54, 1.807) is 71.3 Å². The molecule has 12 heteroatoms. The Balaban J connectivity index is 1.50. The van der Waals surface area contributed by atoms with Crippen LogP contribution in [0.1, 0.15) is 70.2 Å². The number of ether oxygens (including phenoxy) is 4. The van der Waals surface area contributed by atoms with Crippen molar-refractivity contribution in [2.75, 3.05) is 0 Å². The molecule has 0 saturated heterocycles. The molecule has 0 fully saturated rings. The number of hydrogen-bond donors (Lipinski definition) is 2. The van der Waals surface area contributed by atoms with E-state index in [0.29, 0.717) is 25.1 Å². The molecule has 0 aliphatic carbocycles. The van der Waals surface area contributed by atoms with Crippen LogP contribution in [-0.4, -0.2) is 75.0 Å². The third-order valence-corrected chi connectivity index (χ3v) is 8.93. The molecule has 12 nitrogen and oxygen atoms in total. The summed E-state index contributed by atoms with van der Waals surface area (Å²) in [7, 11) is 0. The van der Waals surface area contributed by atoms with Gasteiger partial charge < -0.3 is 29.4 Å². The Morgan fingerprint density at radius 1 is 0.737 bits per heavy atom. The number of aromatic nitrogens is 1. The molecule has 1 heterocycles. The van der Waals surface area contributed by atoms with Crippen LogP contribution in [0.3, 0.4) is 0 Å². The van der Waals surface area contributed by atoms with Gasteiger partial charge in [0, 0.05) is 37.4 Å². The molecule has 1 amide bonds. The van der Waals surface area contributed by atoms with Gasteiger partial charge in [-0.25, -0.2) is 14.4 Å². The lowest BCUT2D eigenvalue weighted by molar-refractivity contribution is -0.178. The first kappa shape index (κ1) is 44.1. The lowest BCUT2D eigenvalue weighted by atomic mass is 9.97. The van der Waals surface area contributed by atoms with Gasteiger partial charge in [0.05, 0.1) is 12.5 Å². The van der Waals surface area contributed by atoms with Crippen LogP contribution in [0.15, 0.2) is 116 Å². The molecule has 3 aromatic carbocycles. The smallest absolute Gasteiger partial charge is 0.408 e. The number of nitrogens with one attached hydrogen (secondary N) is 1. The standard InChI is InChI=1S/C45H55N3O9/c1-31(2)41(43(52)55-32(3)40(47-44(53)57-45(4,5)6)42(51)54-30-35-21-14-9-15-22-35)56-39(50)26-38(49)37(25-36-23-16-24-46-27-36)48(28-33-17-10-7-11-18-33)29-34-19-12-8-13-20-34/h7-24,27,31-32,37-38,40-41,49H,25-26,28-30H2,1-6H3,(H,47,53)/t32-,37+,38+,40+,41-/m1/s1. The fourth-order valence-electron chi connectivity index (χ4n) is 6.09. The normalized spacial score (nSPS) is 14.1. The Labute approximate surface area is 335 Å². The summed E-state index contributed by atoms with van der Waals surface area (Å²) >= 11 is 0. The SMILES string of the molecule is CC(C)[C@@H](OC(=O)C[C@H](O)[C@H](Cc1cccnc1)N(Cc1ccccc1)Cc1ccccc1)C(=O)O[C@H](C)[C@H](NC(=O)OC(C)(C)C)C(=O)OCc1ccccc1. The van der Waals surface area contributed by atoms with Crippen molar-refractivity contribution in [3.63, 3.8) is 0 Å². The average Bonchev–Trinajstić information content (AvgIpc) is 3.17. The number of amides is 1. The van der Waals surface area contributed by atoms with Crippen molar-refractivity contribution in [3.05, 3.63) is 138 Å². The van der Waals surface area contributed by atoms with Crippen molar-refractivity contribution in [2.45, 2.75) is 110 Å². The van der Waals surface area contributed by atoms with Gasteiger partial charge in [-0.05, 0) is 62.4 Å². The van der Waals surface area contributed by atoms with Gasteiger partial charge in [0.25, 0.3) is 0 Å². The maximum Gasteiger partial charge on any atom is 0.408 e. The van der Waals surface area contributed by atoms with Crippen LogP contribution >= 0.6 is 0 Å². The van der Waals surface area contributed by atoms with Crippen molar-refractivity contribution in [1.82, 2.24) is 15.2 Å². The number of esters is 3. The number of benzene rings is 3. The number of pyridine rings is 1. The number of carbonyl (C=O) groups is 4. The van der Waals surface area contributed by atoms with Crippen LogP contribution in [0, 0.1) is 5.92 Å². The first-order chi connectivity index (χ1) is 27.2. The Hall–Kier alpha value is -5.59. The van der Waals surface area contributed by atoms with Crippen molar-refractivity contribution in [2.24, 2.45) is 5.92 Å². The first-order valence-electron chi connectivity index (χ1n) is 19.2. The van der Waals surface area contributed by atoms with Gasteiger partial charge in [0.1, 0.15) is 18.3 Å². The predicted molar refractivity (Wildman–Crippen MR) is 214 cm³/mol. The number of rotatable bonds is 19. The van der Waals surface area contributed by atoms with Crippen molar-refractivity contribution in [3.8, 4) is 0 Å². The maximum atomic E-state index is 13.7. The summed E-state index contributed by atoms with van der Waals surface area (Å²) in [6, 6.07) is 30.4. The molecule has 0 spiro atoms. The molecule has 0 saturated carbocycles. The van der Waals surface area contributed by atoms with Crippen LogP contribution in [0.2, 0.25) is 0 Å². The Kier molecular flexibility index (Phi) is 16.8. The van der Waals surface area contributed by atoms with E-state index in [1.807, 2.05) is 78.9 Å². The molecule has 0 radical (unpaired) electrons. The molecular formula is C45H55N3O9. The Bertz CT molecular complexity index is 1800. The second-order valence-corrected chi connectivity index (χ2v) is 15.3. The van der Waals surface area contributed by atoms with Gasteiger partial charge in [-0.2, -0.15) is 0 Å². The summed E-state index contributed by atoms with van der Waals surface area (Å²) in [5, 5.41) is 14.3. The topological polar surface area (TPSA) is 154 Å². The molecule has 304 valence electrons. The van der Waals surface area contributed by atoms with Gasteiger partial charge in [-0.1, -0.05) is 111 Å². The molecule has 2 N–H and O–H groups in total. The van der Waals surface area contributed by atoms with Crippen LogP contribution in [0.5, 0.6) is 0 Å². The zero-order chi connectivity index (χ0) is 41.4. The number of hydrogen-bond acceptors (Lipinski definition) is 11. The molecular weight excluding hydrogens is 727 g/mol. The number of carbonyl (C=O) groups excluding carboxylic acids is 4. The number of aliphatic hydroxyl groups is 1. The highest BCUT2D eigenvalue weighted by Gasteiger charge is 2.37. The van der Waals surface area contributed by atoms with Crippen LogP contribution in [0.4, 0.5) is 4.79 Å². The third kappa shape index (κ3) is 15.1. The molecule has 5 atom stereocenters. The average molecular weight is 782 g/mol. The summed E-state index contributed by atoms with van der Waals surface area (Å²) in [5.74, 6) is -3.16. The molecule has 1 aromatic heterocycles. The molecule has 4 rings (SSSR count). The lowest BCUT2D eigenvalue weighted by Crippen LogP contribution is -2.52. The van der Waals surface area contributed by atoms with Crippen molar-refractivity contribution < 1.29 is 43.2 Å². The van der Waals surface area contributed by atoms with E-state index < -0.39 is 72.3 Å². The van der Waals surface area contributed by atoms with E-state index in [4.69, 9.17) is 18.9 Å². The zero-order valence-electron chi connectivity index (χ0n) is 33.6. The second-order valence-electron chi connectivity index (χ2n) is 15.3. The molecule has 0 aliphatic heterocycles. The van der Waals surface area contributed by atoms with E-state index in [0.717, 1.165) is 16.7 Å². The molecule has 4 aromatic rings. The third-order valence-electron chi connectivity index (χ3n) is 8.93. The van der Waals surface area contributed by atoms with E-state index in [9.17, 15) is 24.3 Å². The molecule has 0 aliphatic rings. The van der Waals surface area contributed by atoms with E-state index in [2.05, 4.69) is 15.2 Å². The second kappa shape index (κ2) is 21.6. The summed E-state index contributed by atoms with van der Waals surface area (Å²) in [5.41, 5.74) is 2.77. The van der Waals surface area contributed by atoms with Crippen molar-refractivity contribution in [1.29, 1.82) is 0 Å². The zero-order valence-corrected chi connectivity index (χ0v) is 33.6. The number of aliphatic hydroxyl groups excluding tert-OH is 1. The van der Waals surface area contributed by atoms with E-state index >= 15 is 0 Å². The van der Waals surface area contributed by atoms with Gasteiger partial charge in [-0.15, -0.1) is 0 Å². The highest BCUT2D eigenvalue weighted by Crippen LogP contribution is 2.22. The van der Waals surface area contributed by atoms with E-state index in [1.165, 1.54) is 6.92 Å². The summed E-state index contributed by atoms with van der Waals surface area (Å²) < 4.78 is 22.2. The predicted octanol–water partition coefficient (Wildman–Crippen LogP) is 6.58. The number of alkyl carbamates (subject to hydrolysis) is 1. The minimum absolute atomic E-state index is 0.0860. The van der Waals surface area contributed by atoms with Crippen molar-refractivity contribution >= 4 is 24.0 Å². The van der Waals surface area contributed by atoms with Gasteiger partial charge >= 0.3 is 24.0 Å². The fourth-order valence-corrected chi connectivity index (χ4v) is 6.09. The van der Waals surface area contributed by atoms with Crippen LogP contribution in [0.25, 0.3) is 0 Å². The quantitative estimate of drug-likeness (QED) is 0.0784. The van der Waals surface area contributed by atoms with Gasteiger partial charge in [-0.3, -0.25) is 14.7 Å². The largest absolute Gasteiger partial charge is 0.459 e. The maximum absolute atomic E-state index is 13.7. The van der Waals surface area contributed by atoms with Gasteiger partial charge in [0.2, 0.25) is 6.10 Å². The summed E-state index contributed by atoms with van der Waals surface area (Å²) in [6.07, 6.45) is -1.42. The lowest BCUT2D eigenvalue weighted by Gasteiger charge is -2.35. The van der Waals surface area contributed by atoms with Crippen LogP contribution in [-0.2, 0) is 59.4 Å². The van der Waals surface area contributed by atoms with Gasteiger partial charge in [0.15, 0.2) is 6.04 Å². The monoisotopic (exact) mass is 781 g/mol. The summed E-state index contributed by atoms with van der Waals surface area (Å²) in [6.45, 7) is 10.7. The molecule has 0 bridgehead atoms. The minimum atomic E-state index is -1.45. The first-order valence-corrected chi connectivity index (χ1v) is 19.2. The Morgan fingerprint density at radius 2 is 1.28 bits per heavy atom. The fraction of sp³-hybridized carbons (Fsp3) is 0.400. The van der Waals surface area contributed by atoms with E-state index in [-0.39, 0.29) is 6.61 Å². The molecule has 0 unspecified atom stereocenters. The minimum Gasteiger partial charge on any atom is -0.459 e. The van der Waals surface area contributed by atoms with Crippen LogP contribution < -0.4 is 5.32 Å². The molecule has 57 heavy (non-hydrogen) atoms. The number of nitrogens with zero attached hydrogens (tertiary/aromatic N) is 2. The Morgan fingerprint density at radius 3 is 1.79 bits per heavy atom. The summed E-state index contributed by atoms with van der Waals surface area (Å²) in [4.78, 5) is 59.8. The highest BCUT2D eigenvalue weighted by atomic mass is 16.6. The highest BCUT2D eigenvalue weighted by molar-refractivity contribution is 5.84.